The van der Waals surface area contributed by atoms with Gasteiger partial charge < -0.3 is 18.9 Å². The summed E-state index contributed by atoms with van der Waals surface area (Å²) in [6, 6.07) is 22.4. The van der Waals surface area contributed by atoms with E-state index < -0.39 is 12.1 Å². The Bertz CT molecular complexity index is 1070. The van der Waals surface area contributed by atoms with E-state index >= 15 is 0 Å². The summed E-state index contributed by atoms with van der Waals surface area (Å²) in [6.45, 7) is 9.43. The van der Waals surface area contributed by atoms with Crippen molar-refractivity contribution in [3.8, 4) is 17.2 Å². The van der Waals surface area contributed by atoms with E-state index in [1.807, 2.05) is 60.7 Å². The number of carbonyl (C=O) groups is 1. The number of hydrogen-bond acceptors (Lipinski definition) is 5. The standard InChI is InChI=1S/C29H33ClO5/c1-5-32-28(31)27(35-26-10-7-6-9-25(26)29(2,3)4)21-11-15-23(16-12-21)33-19-8-20-34-24-17-13-22(30)14-18-24/h6-7,9-18,27H,5,8,19-20H2,1-4H3. The molecular weight excluding hydrogens is 464 g/mol. The van der Waals surface area contributed by atoms with E-state index in [-0.39, 0.29) is 12.0 Å². The van der Waals surface area contributed by atoms with Crippen LogP contribution in [0.25, 0.3) is 0 Å². The van der Waals surface area contributed by atoms with E-state index in [0.29, 0.717) is 35.3 Å². The molecule has 0 radical (unpaired) electrons. The molecular formula is C29H33ClO5. The zero-order valence-corrected chi connectivity index (χ0v) is 21.5. The summed E-state index contributed by atoms with van der Waals surface area (Å²) < 4.78 is 23.1. The smallest absolute Gasteiger partial charge is 0.352 e. The maximum absolute atomic E-state index is 12.8. The van der Waals surface area contributed by atoms with Crippen molar-refractivity contribution < 1.29 is 23.7 Å². The highest BCUT2D eigenvalue weighted by Gasteiger charge is 2.27. The number of hydrogen-bond donors (Lipinski definition) is 0. The minimum absolute atomic E-state index is 0.134. The molecule has 0 fully saturated rings. The fraction of sp³-hybridized carbons (Fsp3) is 0.345. The number of carbonyl (C=O) groups excluding carboxylic acids is 1. The van der Waals surface area contributed by atoms with Gasteiger partial charge in [-0.25, -0.2) is 4.79 Å². The van der Waals surface area contributed by atoms with E-state index in [0.717, 1.165) is 17.7 Å². The van der Waals surface area contributed by atoms with E-state index in [2.05, 4.69) is 20.8 Å². The third kappa shape index (κ3) is 7.93. The van der Waals surface area contributed by atoms with Crippen LogP contribution in [0.1, 0.15) is 51.3 Å². The summed E-state index contributed by atoms with van der Waals surface area (Å²) in [5.41, 5.74) is 1.59. The maximum atomic E-state index is 12.8. The van der Waals surface area contributed by atoms with Gasteiger partial charge in [-0.3, -0.25) is 0 Å². The molecule has 0 spiro atoms. The van der Waals surface area contributed by atoms with Crippen LogP contribution in [0.4, 0.5) is 0 Å². The van der Waals surface area contributed by atoms with Crippen LogP contribution in [0.2, 0.25) is 5.02 Å². The van der Waals surface area contributed by atoms with Gasteiger partial charge in [-0.2, -0.15) is 0 Å². The average Bonchev–Trinajstić information content (AvgIpc) is 2.84. The predicted octanol–water partition coefficient (Wildman–Crippen LogP) is 7.17. The van der Waals surface area contributed by atoms with Gasteiger partial charge in [0.25, 0.3) is 0 Å². The van der Waals surface area contributed by atoms with Crippen LogP contribution in [0.15, 0.2) is 72.8 Å². The lowest BCUT2D eigenvalue weighted by atomic mass is 9.86. The minimum Gasteiger partial charge on any atom is -0.493 e. The Kier molecular flexibility index (Phi) is 9.44. The molecule has 1 atom stereocenters. The van der Waals surface area contributed by atoms with Gasteiger partial charge in [0.05, 0.1) is 19.8 Å². The van der Waals surface area contributed by atoms with Gasteiger partial charge in [-0.1, -0.05) is 62.7 Å². The van der Waals surface area contributed by atoms with Crippen LogP contribution in [-0.2, 0) is 14.9 Å². The first-order valence-electron chi connectivity index (χ1n) is 11.8. The van der Waals surface area contributed by atoms with Crippen molar-refractivity contribution in [1.29, 1.82) is 0 Å². The molecule has 0 saturated heterocycles. The van der Waals surface area contributed by atoms with Crippen LogP contribution in [-0.4, -0.2) is 25.8 Å². The number of ether oxygens (including phenoxy) is 4. The Morgan fingerprint density at radius 3 is 2.00 bits per heavy atom. The van der Waals surface area contributed by atoms with Crippen molar-refractivity contribution >= 4 is 17.6 Å². The number of halogens is 1. The topological polar surface area (TPSA) is 54.0 Å². The molecule has 0 heterocycles. The second-order valence-corrected chi connectivity index (χ2v) is 9.51. The van der Waals surface area contributed by atoms with Crippen LogP contribution >= 0.6 is 11.6 Å². The van der Waals surface area contributed by atoms with Crippen LogP contribution in [0, 0.1) is 0 Å². The van der Waals surface area contributed by atoms with Crippen LogP contribution < -0.4 is 14.2 Å². The zero-order valence-electron chi connectivity index (χ0n) is 20.8. The fourth-order valence-electron chi connectivity index (χ4n) is 3.49. The van der Waals surface area contributed by atoms with Gasteiger partial charge in [0.1, 0.15) is 17.2 Å². The lowest BCUT2D eigenvalue weighted by molar-refractivity contribution is -0.151. The molecule has 6 heteroatoms. The third-order valence-electron chi connectivity index (χ3n) is 5.26. The third-order valence-corrected chi connectivity index (χ3v) is 5.52. The highest BCUT2D eigenvalue weighted by molar-refractivity contribution is 6.30. The first-order chi connectivity index (χ1) is 16.8. The molecule has 0 aromatic heterocycles. The highest BCUT2D eigenvalue weighted by Crippen LogP contribution is 2.34. The fourth-order valence-corrected chi connectivity index (χ4v) is 3.62. The van der Waals surface area contributed by atoms with E-state index in [9.17, 15) is 4.79 Å². The van der Waals surface area contributed by atoms with Crippen LogP contribution in [0.5, 0.6) is 17.2 Å². The van der Waals surface area contributed by atoms with Gasteiger partial charge in [-0.15, -0.1) is 0 Å². The predicted molar refractivity (Wildman–Crippen MR) is 139 cm³/mol. The Balaban J connectivity index is 1.61. The van der Waals surface area contributed by atoms with Gasteiger partial charge >= 0.3 is 5.97 Å². The SMILES string of the molecule is CCOC(=O)C(Oc1ccccc1C(C)(C)C)c1ccc(OCCCOc2ccc(Cl)cc2)cc1. The number of benzene rings is 3. The second-order valence-electron chi connectivity index (χ2n) is 9.07. The monoisotopic (exact) mass is 496 g/mol. The Morgan fingerprint density at radius 2 is 1.43 bits per heavy atom. The van der Waals surface area contributed by atoms with Gasteiger partial charge in [0.2, 0.25) is 6.10 Å². The molecule has 1 unspecified atom stereocenters. The summed E-state index contributed by atoms with van der Waals surface area (Å²) >= 11 is 5.88. The van der Waals surface area contributed by atoms with Gasteiger partial charge in [0, 0.05) is 17.0 Å². The van der Waals surface area contributed by atoms with E-state index in [1.54, 1.807) is 19.1 Å². The molecule has 0 saturated carbocycles. The first-order valence-corrected chi connectivity index (χ1v) is 12.2. The number of rotatable bonds is 11. The summed E-state index contributed by atoms with van der Waals surface area (Å²) in [7, 11) is 0. The largest absolute Gasteiger partial charge is 0.493 e. The first kappa shape index (κ1) is 26.4. The molecule has 3 rings (SSSR count). The molecule has 0 amide bonds. The lowest BCUT2D eigenvalue weighted by Crippen LogP contribution is -2.23. The zero-order chi connectivity index (χ0) is 25.3. The number of esters is 1. The molecule has 5 nitrogen and oxygen atoms in total. The lowest BCUT2D eigenvalue weighted by Gasteiger charge is -2.25. The summed E-state index contributed by atoms with van der Waals surface area (Å²) in [5, 5.41) is 0.679. The number of para-hydroxylation sites is 1. The van der Waals surface area contributed by atoms with E-state index in [1.165, 1.54) is 0 Å². The van der Waals surface area contributed by atoms with Crippen molar-refractivity contribution in [3.63, 3.8) is 0 Å². The van der Waals surface area contributed by atoms with Crippen molar-refractivity contribution in [1.82, 2.24) is 0 Å². The van der Waals surface area contributed by atoms with Crippen molar-refractivity contribution in [3.05, 3.63) is 88.9 Å². The molecule has 0 aliphatic rings. The quantitative estimate of drug-likeness (QED) is 0.208. The average molecular weight is 497 g/mol. The molecule has 35 heavy (non-hydrogen) atoms. The highest BCUT2D eigenvalue weighted by atomic mass is 35.5. The maximum Gasteiger partial charge on any atom is 0.352 e. The molecule has 0 aliphatic carbocycles. The van der Waals surface area contributed by atoms with Gasteiger partial charge in [0.15, 0.2) is 0 Å². The Hall–Kier alpha value is -3.18. The summed E-state index contributed by atoms with van der Waals surface area (Å²) in [5.74, 6) is 1.72. The Morgan fingerprint density at radius 1 is 0.857 bits per heavy atom. The summed E-state index contributed by atoms with van der Waals surface area (Å²) in [4.78, 5) is 12.8. The van der Waals surface area contributed by atoms with Crippen molar-refractivity contribution in [2.24, 2.45) is 0 Å². The van der Waals surface area contributed by atoms with Crippen molar-refractivity contribution in [2.75, 3.05) is 19.8 Å². The normalized spacial score (nSPS) is 12.0. The second kappa shape index (κ2) is 12.5. The molecule has 0 bridgehead atoms. The molecule has 0 aliphatic heterocycles. The molecule has 3 aromatic carbocycles. The minimum atomic E-state index is -0.875. The summed E-state index contributed by atoms with van der Waals surface area (Å²) in [6.07, 6.45) is -0.150. The Labute approximate surface area is 212 Å². The molecule has 3 aromatic rings. The van der Waals surface area contributed by atoms with Crippen LogP contribution in [0.3, 0.4) is 0 Å². The molecule has 0 N–H and O–H groups in total. The van der Waals surface area contributed by atoms with Gasteiger partial charge in [-0.05, 0) is 60.4 Å². The molecule has 186 valence electrons. The van der Waals surface area contributed by atoms with E-state index in [4.69, 9.17) is 30.5 Å². The van der Waals surface area contributed by atoms with Crippen molar-refractivity contribution in [2.45, 2.75) is 45.6 Å².